The Kier molecular flexibility index (Phi) is 2.88. The molecule has 1 aromatic heterocycles. The highest BCUT2D eigenvalue weighted by Crippen LogP contribution is 2.33. The number of imidazole rings is 1. The van der Waals surface area contributed by atoms with E-state index in [-0.39, 0.29) is 5.54 Å². The second-order valence-corrected chi connectivity index (χ2v) is 5.51. The predicted molar refractivity (Wildman–Crippen MR) is 73.4 cm³/mol. The van der Waals surface area contributed by atoms with Gasteiger partial charge in [-0.15, -0.1) is 0 Å². The molecule has 0 unspecified atom stereocenters. The molecule has 1 heterocycles. The molecule has 0 saturated heterocycles. The zero-order valence-corrected chi connectivity index (χ0v) is 10.9. The van der Waals surface area contributed by atoms with Crippen LogP contribution < -0.4 is 5.73 Å². The summed E-state index contributed by atoms with van der Waals surface area (Å²) in [6.07, 6.45) is 7.10. The zero-order valence-electron chi connectivity index (χ0n) is 10.1. The molecule has 3 rings (SSSR count). The van der Waals surface area contributed by atoms with Crippen molar-refractivity contribution in [2.24, 2.45) is 5.73 Å². The Morgan fingerprint density at radius 1 is 1.33 bits per heavy atom. The summed E-state index contributed by atoms with van der Waals surface area (Å²) in [6.45, 7) is 0.813. The van der Waals surface area contributed by atoms with Crippen LogP contribution in [0.3, 0.4) is 0 Å². The van der Waals surface area contributed by atoms with Crippen LogP contribution in [-0.2, 0) is 6.54 Å². The van der Waals surface area contributed by atoms with Crippen molar-refractivity contribution < 1.29 is 0 Å². The molecule has 18 heavy (non-hydrogen) atoms. The predicted octanol–water partition coefficient (Wildman–Crippen LogP) is 3.08. The molecule has 1 saturated carbocycles. The molecular formula is C14H16ClN3. The van der Waals surface area contributed by atoms with E-state index in [9.17, 15) is 0 Å². The van der Waals surface area contributed by atoms with Crippen molar-refractivity contribution in [2.45, 2.75) is 31.3 Å². The molecule has 0 radical (unpaired) electrons. The summed E-state index contributed by atoms with van der Waals surface area (Å²) in [6, 6.07) is 7.83. The number of benzene rings is 1. The minimum atomic E-state index is -0.0588. The highest BCUT2D eigenvalue weighted by Gasteiger charge is 2.33. The fourth-order valence-corrected chi connectivity index (χ4v) is 2.70. The smallest absolute Gasteiger partial charge is 0.0951 e. The molecule has 1 aliphatic rings. The minimum absolute atomic E-state index is 0.0588. The van der Waals surface area contributed by atoms with Gasteiger partial charge in [-0.2, -0.15) is 0 Å². The standard InChI is InChI=1S/C14H16ClN3/c15-12-5-2-1-4-11(12)13-8-17-10-18(13)9-14(16)6-3-7-14/h1-2,4-5,8,10H,3,6-7,9,16H2. The molecule has 0 bridgehead atoms. The average molecular weight is 262 g/mol. The van der Waals surface area contributed by atoms with Crippen LogP contribution in [0.25, 0.3) is 11.3 Å². The van der Waals surface area contributed by atoms with Crippen LogP contribution in [0, 0.1) is 0 Å². The van der Waals surface area contributed by atoms with E-state index < -0.39 is 0 Å². The molecule has 0 spiro atoms. The van der Waals surface area contributed by atoms with Gasteiger partial charge in [-0.3, -0.25) is 0 Å². The highest BCUT2D eigenvalue weighted by atomic mass is 35.5. The van der Waals surface area contributed by atoms with Gasteiger partial charge >= 0.3 is 0 Å². The zero-order chi connectivity index (χ0) is 12.6. The maximum Gasteiger partial charge on any atom is 0.0951 e. The molecule has 3 nitrogen and oxygen atoms in total. The van der Waals surface area contributed by atoms with E-state index in [0.717, 1.165) is 35.7 Å². The summed E-state index contributed by atoms with van der Waals surface area (Å²) in [5, 5.41) is 0.749. The molecule has 0 atom stereocenters. The molecule has 1 aliphatic carbocycles. The van der Waals surface area contributed by atoms with Crippen molar-refractivity contribution in [3.8, 4) is 11.3 Å². The van der Waals surface area contributed by atoms with Crippen LogP contribution in [0.15, 0.2) is 36.8 Å². The minimum Gasteiger partial charge on any atom is -0.329 e. The normalized spacial score (nSPS) is 17.4. The van der Waals surface area contributed by atoms with Crippen LogP contribution in [0.2, 0.25) is 5.02 Å². The van der Waals surface area contributed by atoms with Crippen LogP contribution in [0.4, 0.5) is 0 Å². The number of nitrogens with zero attached hydrogens (tertiary/aromatic N) is 2. The summed E-state index contributed by atoms with van der Waals surface area (Å²) in [5.41, 5.74) is 8.29. The van der Waals surface area contributed by atoms with Crippen molar-refractivity contribution in [1.29, 1.82) is 0 Å². The van der Waals surface area contributed by atoms with Crippen LogP contribution in [0.5, 0.6) is 0 Å². The quantitative estimate of drug-likeness (QED) is 0.923. The second kappa shape index (κ2) is 4.41. The molecule has 0 aliphatic heterocycles. The van der Waals surface area contributed by atoms with Gasteiger partial charge in [-0.25, -0.2) is 4.98 Å². The summed E-state index contributed by atoms with van der Waals surface area (Å²) >= 11 is 6.23. The third-order valence-corrected chi connectivity index (χ3v) is 4.03. The summed E-state index contributed by atoms with van der Waals surface area (Å²) < 4.78 is 2.11. The number of nitrogens with two attached hydrogens (primary N) is 1. The molecular weight excluding hydrogens is 246 g/mol. The fourth-order valence-electron chi connectivity index (χ4n) is 2.47. The number of hydrogen-bond acceptors (Lipinski definition) is 2. The molecule has 0 amide bonds. The van der Waals surface area contributed by atoms with Crippen molar-refractivity contribution in [1.82, 2.24) is 9.55 Å². The first-order chi connectivity index (χ1) is 8.68. The lowest BCUT2D eigenvalue weighted by Gasteiger charge is -2.38. The van der Waals surface area contributed by atoms with E-state index in [2.05, 4.69) is 9.55 Å². The van der Waals surface area contributed by atoms with E-state index in [0.29, 0.717) is 0 Å². The number of hydrogen-bond donors (Lipinski definition) is 1. The van der Waals surface area contributed by atoms with Gasteiger partial charge in [-0.05, 0) is 25.3 Å². The molecule has 1 fully saturated rings. The van der Waals surface area contributed by atoms with Gasteiger partial charge in [0.2, 0.25) is 0 Å². The van der Waals surface area contributed by atoms with Crippen molar-refractivity contribution in [3.05, 3.63) is 41.8 Å². The van der Waals surface area contributed by atoms with Gasteiger partial charge in [0.05, 0.1) is 18.2 Å². The maximum absolute atomic E-state index is 6.30. The lowest BCUT2D eigenvalue weighted by atomic mass is 9.77. The third-order valence-electron chi connectivity index (χ3n) is 3.70. The van der Waals surface area contributed by atoms with Gasteiger partial charge in [0, 0.05) is 22.7 Å². The van der Waals surface area contributed by atoms with E-state index in [1.807, 2.05) is 36.8 Å². The van der Waals surface area contributed by atoms with Gasteiger partial charge < -0.3 is 10.3 Å². The molecule has 1 aromatic carbocycles. The molecule has 2 aromatic rings. The topological polar surface area (TPSA) is 43.8 Å². The average Bonchev–Trinajstić information content (AvgIpc) is 2.75. The lowest BCUT2D eigenvalue weighted by molar-refractivity contribution is 0.216. The first-order valence-corrected chi connectivity index (χ1v) is 6.60. The number of rotatable bonds is 3. The van der Waals surface area contributed by atoms with Crippen LogP contribution >= 0.6 is 11.6 Å². The first-order valence-electron chi connectivity index (χ1n) is 6.22. The monoisotopic (exact) mass is 261 g/mol. The number of halogens is 1. The Morgan fingerprint density at radius 2 is 2.11 bits per heavy atom. The van der Waals surface area contributed by atoms with Crippen LogP contribution in [-0.4, -0.2) is 15.1 Å². The van der Waals surface area contributed by atoms with Gasteiger partial charge in [0.1, 0.15) is 0 Å². The van der Waals surface area contributed by atoms with Crippen molar-refractivity contribution in [3.63, 3.8) is 0 Å². The summed E-state index contributed by atoms with van der Waals surface area (Å²) in [5.74, 6) is 0. The first kappa shape index (κ1) is 11.8. The van der Waals surface area contributed by atoms with Crippen molar-refractivity contribution in [2.75, 3.05) is 0 Å². The molecule has 94 valence electrons. The Labute approximate surface area is 112 Å². The van der Waals surface area contributed by atoms with E-state index in [4.69, 9.17) is 17.3 Å². The van der Waals surface area contributed by atoms with E-state index in [1.165, 1.54) is 6.42 Å². The van der Waals surface area contributed by atoms with Crippen LogP contribution in [0.1, 0.15) is 19.3 Å². The highest BCUT2D eigenvalue weighted by molar-refractivity contribution is 6.33. The largest absolute Gasteiger partial charge is 0.329 e. The number of aromatic nitrogens is 2. The Morgan fingerprint density at radius 3 is 2.78 bits per heavy atom. The summed E-state index contributed by atoms with van der Waals surface area (Å²) in [7, 11) is 0. The lowest BCUT2D eigenvalue weighted by Crippen LogP contribution is -2.49. The second-order valence-electron chi connectivity index (χ2n) is 5.10. The SMILES string of the molecule is NC1(Cn2cncc2-c2ccccc2Cl)CCC1. The van der Waals surface area contributed by atoms with E-state index >= 15 is 0 Å². The van der Waals surface area contributed by atoms with Crippen molar-refractivity contribution >= 4 is 11.6 Å². The molecule has 4 heteroatoms. The Hall–Kier alpha value is -1.32. The third kappa shape index (κ3) is 2.04. The fraction of sp³-hybridized carbons (Fsp3) is 0.357. The maximum atomic E-state index is 6.30. The van der Waals surface area contributed by atoms with E-state index in [1.54, 1.807) is 0 Å². The van der Waals surface area contributed by atoms with Gasteiger partial charge in [-0.1, -0.05) is 29.8 Å². The van der Waals surface area contributed by atoms with Gasteiger partial charge in [0.15, 0.2) is 0 Å². The summed E-state index contributed by atoms with van der Waals surface area (Å²) in [4.78, 5) is 4.23. The Balaban J connectivity index is 1.94. The van der Waals surface area contributed by atoms with Gasteiger partial charge in [0.25, 0.3) is 0 Å². The molecule has 2 N–H and O–H groups in total. The Bertz CT molecular complexity index is 558.